The molecule has 0 spiro atoms. The summed E-state index contributed by atoms with van der Waals surface area (Å²) >= 11 is 6.41. The number of cyclic esters (lactones) is 1. The van der Waals surface area contributed by atoms with Crippen LogP contribution < -0.4 is 0 Å². The summed E-state index contributed by atoms with van der Waals surface area (Å²) < 4.78 is 29.2. The molecule has 2 aliphatic rings. The summed E-state index contributed by atoms with van der Waals surface area (Å²) in [6.45, 7) is 86.9. The third-order valence-electron chi connectivity index (χ3n) is 14.0. The first-order valence-corrected chi connectivity index (χ1v) is 36.5. The first kappa shape index (κ1) is 89.7. The minimum absolute atomic E-state index is 0.0360. The normalized spacial score (nSPS) is 13.7. The van der Waals surface area contributed by atoms with Crippen LogP contribution in [0.15, 0.2) is 143 Å². The van der Waals surface area contributed by atoms with Crippen LogP contribution in [-0.4, -0.2) is 51.6 Å². The smallest absolute Gasteiger partial charge is 0.330 e. The van der Waals surface area contributed by atoms with Crippen molar-refractivity contribution in [2.45, 2.75) is 244 Å². The Labute approximate surface area is 613 Å². The number of esters is 1. The molecule has 0 fully saturated rings. The molecule has 0 aliphatic carbocycles. The predicted octanol–water partition coefficient (Wildman–Crippen LogP) is 25.0. The van der Waals surface area contributed by atoms with E-state index in [0.717, 1.165) is 68.6 Å². The number of hydrogen-bond acceptors (Lipinski definition) is 17. The highest BCUT2D eigenvalue weighted by Crippen LogP contribution is 2.33. The van der Waals surface area contributed by atoms with Gasteiger partial charge in [0, 0.05) is 90.2 Å². The van der Waals surface area contributed by atoms with Gasteiger partial charge in [-0.2, -0.15) is 8.75 Å². The largest absolute Gasteiger partial charge is 0.458 e. The van der Waals surface area contributed by atoms with E-state index in [2.05, 4.69) is 301 Å². The highest BCUT2D eigenvalue weighted by atomic mass is 32.1. The van der Waals surface area contributed by atoms with Gasteiger partial charge in [0.1, 0.15) is 39.6 Å². The number of rotatable bonds is 8. The number of carbonyl (C=O) groups excluding carboxylic acids is 1. The minimum Gasteiger partial charge on any atom is -0.458 e. The lowest BCUT2D eigenvalue weighted by Crippen LogP contribution is -2.32. The van der Waals surface area contributed by atoms with Crippen molar-refractivity contribution >= 4 is 100.0 Å². The molecule has 99 heavy (non-hydrogen) atoms. The quantitative estimate of drug-likeness (QED) is 0.132. The van der Waals surface area contributed by atoms with Gasteiger partial charge in [0.15, 0.2) is 0 Å². The standard InChI is InChI=1S/C10H15N.3C9H13NO.4C9H13NS.C9H14O2/c1-5-8-6-7-9(11-8)10(2,3)4;1-5-8-10-7(6-11-8)9(2,3)4;1-5-8-10-6-7(11-8)9(2,3)4;1-5-7-6-8(11-10-7)9(2,3)4;1-5-8-10-7(6-11-8)9(2,3)4;1-5-8-10-6-7(11-8)9(2,3)4;1-5-8-7(6-11-10-8)9(2,3)4;1-5-7-6-8(11-10-7)9(2,3)4;1-9(2,3)7-5-4-6-8(10)11-7/h5,7H,1,6H2,2-4H3;7*5-6H,1H2,2-4H3;4,6-7H,5H2,1-3H3. The Bertz CT molecular complexity index is 3320. The molecule has 0 amide bonds. The summed E-state index contributed by atoms with van der Waals surface area (Å²) in [4.78, 5) is 34.7. The summed E-state index contributed by atoms with van der Waals surface area (Å²) in [6.07, 6.45) is 26.6. The SMILES string of the molecule is C=CC1=NC(C(C)(C)C)=CC1.C=Cc1cc(C(C)(C)C)on1.C=Cc1cc(C(C)(C)C)sn1.C=Cc1nc(C(C)(C)C)co1.C=Cc1nc(C(C)(C)C)cs1.C=Cc1ncc(C(C)(C)C)o1.C=Cc1ncc(C(C)(C)C)s1.C=Cc1nscc1C(C)(C)C.CC(C)(C)C1CC=CC(=O)O1. The lowest BCUT2D eigenvalue weighted by atomic mass is 9.86. The maximum Gasteiger partial charge on any atom is 0.330 e. The Morgan fingerprint density at radius 1 is 0.525 bits per heavy atom. The summed E-state index contributed by atoms with van der Waals surface area (Å²) in [7, 11) is 0. The van der Waals surface area contributed by atoms with E-state index in [1.54, 1.807) is 83.1 Å². The lowest BCUT2D eigenvalue weighted by molar-refractivity contribution is -0.149. The zero-order chi connectivity index (χ0) is 76.3. The molecule has 2 aliphatic heterocycles. The number of hydrogen-bond donors (Lipinski definition) is 0. The first-order valence-electron chi connectivity index (χ1n) is 33.2. The number of thiazole rings is 2. The Kier molecular flexibility index (Phi) is 35.4. The molecule has 17 heteroatoms. The molecular formula is C82H120N8O5S4. The van der Waals surface area contributed by atoms with Crippen LogP contribution in [0.5, 0.6) is 0 Å². The Morgan fingerprint density at radius 3 is 1.39 bits per heavy atom. The van der Waals surface area contributed by atoms with Crippen molar-refractivity contribution in [2.24, 2.45) is 15.8 Å². The molecular weight excluding hydrogens is 1310 g/mol. The topological polar surface area (TPSA) is 168 Å². The van der Waals surface area contributed by atoms with Gasteiger partial charge in [0.05, 0.1) is 29.0 Å². The van der Waals surface area contributed by atoms with Gasteiger partial charge < -0.3 is 18.1 Å². The van der Waals surface area contributed by atoms with Gasteiger partial charge in [-0.25, -0.2) is 24.7 Å². The van der Waals surface area contributed by atoms with Gasteiger partial charge in [-0.3, -0.25) is 4.99 Å². The van der Waals surface area contributed by atoms with Crippen LogP contribution >= 0.6 is 45.7 Å². The fourth-order valence-corrected chi connectivity index (χ4v) is 10.8. The molecule has 9 heterocycles. The van der Waals surface area contributed by atoms with Crippen LogP contribution in [0, 0.1) is 10.8 Å². The van der Waals surface area contributed by atoms with E-state index in [-0.39, 0.29) is 60.8 Å². The second-order valence-electron chi connectivity index (χ2n) is 32.6. The van der Waals surface area contributed by atoms with Crippen LogP contribution in [0.3, 0.4) is 0 Å². The number of aromatic nitrogens is 7. The van der Waals surface area contributed by atoms with E-state index in [1.165, 1.54) is 38.6 Å². The van der Waals surface area contributed by atoms with E-state index < -0.39 is 0 Å². The number of oxazole rings is 2. The van der Waals surface area contributed by atoms with Crippen LogP contribution in [0.1, 0.15) is 277 Å². The van der Waals surface area contributed by atoms with E-state index in [4.69, 9.17) is 18.1 Å². The third kappa shape index (κ3) is 33.6. The van der Waals surface area contributed by atoms with Crippen molar-refractivity contribution in [3.63, 3.8) is 0 Å². The number of ether oxygens (including phenoxy) is 1. The molecule has 1 unspecified atom stereocenters. The van der Waals surface area contributed by atoms with Crippen LogP contribution in [-0.2, 0) is 47.4 Å². The number of carbonyl (C=O) groups is 1. The van der Waals surface area contributed by atoms with E-state index >= 15 is 0 Å². The van der Waals surface area contributed by atoms with Gasteiger partial charge in [-0.15, -0.1) is 22.7 Å². The van der Waals surface area contributed by atoms with Crippen LogP contribution in [0.2, 0.25) is 0 Å². The van der Waals surface area contributed by atoms with Crippen molar-refractivity contribution in [1.82, 2.24) is 33.8 Å². The summed E-state index contributed by atoms with van der Waals surface area (Å²) in [5, 5.41) is 10.0. The Morgan fingerprint density at radius 2 is 1.10 bits per heavy atom. The molecule has 7 aromatic rings. The second kappa shape index (κ2) is 39.0. The van der Waals surface area contributed by atoms with Crippen molar-refractivity contribution in [3.05, 3.63) is 201 Å². The highest BCUT2D eigenvalue weighted by molar-refractivity contribution is 7.12. The lowest BCUT2D eigenvalue weighted by Gasteiger charge is -2.30. The summed E-state index contributed by atoms with van der Waals surface area (Å²) in [5.74, 6) is 2.76. The maximum absolute atomic E-state index is 10.8. The zero-order valence-corrected chi connectivity index (χ0v) is 68.6. The fraction of sp³-hybridized carbons (Fsp3) is 0.476. The van der Waals surface area contributed by atoms with Gasteiger partial charge in [-0.1, -0.05) is 257 Å². The second-order valence-corrected chi connectivity index (χ2v) is 36.0. The molecule has 542 valence electrons. The summed E-state index contributed by atoms with van der Waals surface area (Å²) in [5.41, 5.74) is 9.67. The van der Waals surface area contributed by atoms with E-state index in [0.29, 0.717) is 11.8 Å². The highest BCUT2D eigenvalue weighted by Gasteiger charge is 2.29. The molecule has 0 bridgehead atoms. The first-order chi connectivity index (χ1) is 45.3. The molecule has 0 saturated heterocycles. The molecule has 0 saturated carbocycles. The van der Waals surface area contributed by atoms with E-state index in [9.17, 15) is 4.79 Å². The zero-order valence-electron chi connectivity index (χ0n) is 65.3. The average Bonchev–Trinajstić information content (AvgIpc) is 1.56. The van der Waals surface area contributed by atoms with Crippen LogP contribution in [0.4, 0.5) is 0 Å². The molecule has 0 radical (unpaired) electrons. The van der Waals surface area contributed by atoms with Crippen molar-refractivity contribution in [1.29, 1.82) is 0 Å². The molecule has 7 aromatic heterocycles. The Balaban J connectivity index is 0.000000557. The third-order valence-corrected chi connectivity index (χ3v) is 18.1. The number of nitrogens with zero attached hydrogens (tertiary/aromatic N) is 8. The van der Waals surface area contributed by atoms with Gasteiger partial charge >= 0.3 is 5.97 Å². The molecule has 0 aromatic carbocycles. The number of allylic oxidation sites excluding steroid dienone is 3. The van der Waals surface area contributed by atoms with Gasteiger partial charge in [0.2, 0.25) is 11.8 Å². The van der Waals surface area contributed by atoms with Gasteiger partial charge in [-0.05, 0) is 105 Å². The van der Waals surface area contributed by atoms with E-state index in [1.807, 2.05) is 30.5 Å². The Hall–Kier alpha value is -7.31. The average molecular weight is 1430 g/mol. The van der Waals surface area contributed by atoms with Crippen molar-refractivity contribution < 1.29 is 22.9 Å². The van der Waals surface area contributed by atoms with Crippen molar-refractivity contribution in [2.75, 3.05) is 0 Å². The fourth-order valence-electron chi connectivity index (χ4n) is 7.44. The van der Waals surface area contributed by atoms with Crippen LogP contribution in [0.25, 0.3) is 42.5 Å². The molecule has 9 rings (SSSR count). The molecule has 0 N–H and O–H groups in total. The molecule has 13 nitrogen and oxygen atoms in total. The molecule has 1 atom stereocenters. The number of aliphatic imine (C=N–C) groups is 1. The monoisotopic (exact) mass is 1420 g/mol. The van der Waals surface area contributed by atoms with Gasteiger partial charge in [0.25, 0.3) is 0 Å². The van der Waals surface area contributed by atoms with Crippen molar-refractivity contribution in [3.8, 4) is 0 Å². The summed E-state index contributed by atoms with van der Waals surface area (Å²) in [6, 6.07) is 4.00. The predicted molar refractivity (Wildman–Crippen MR) is 432 cm³/mol. The minimum atomic E-state index is -0.212. The maximum atomic E-state index is 10.8.